The molecule has 0 aliphatic carbocycles. The molecule has 0 saturated carbocycles. The van der Waals surface area contributed by atoms with Gasteiger partial charge in [0.2, 0.25) is 0 Å². The van der Waals surface area contributed by atoms with E-state index in [1.54, 1.807) is 17.3 Å². The van der Waals surface area contributed by atoms with Crippen LogP contribution in [0.3, 0.4) is 0 Å². The lowest BCUT2D eigenvalue weighted by atomic mass is 10.2. The molecule has 0 bridgehead atoms. The van der Waals surface area contributed by atoms with Crippen molar-refractivity contribution in [2.75, 3.05) is 0 Å². The average Bonchev–Trinajstić information content (AvgIpc) is 2.42. The fourth-order valence-corrected chi connectivity index (χ4v) is 1.82. The average molecular weight is 275 g/mol. The number of aliphatic imine (C=N–C) groups is 1. The molecule has 1 aromatic rings. The fourth-order valence-electron chi connectivity index (χ4n) is 1.64. The highest BCUT2D eigenvalue weighted by Gasteiger charge is 2.08. The number of halogens is 1. The summed E-state index contributed by atoms with van der Waals surface area (Å²) in [4.78, 5) is 4.14. The summed E-state index contributed by atoms with van der Waals surface area (Å²) in [6.45, 7) is 6.42. The van der Waals surface area contributed by atoms with Gasteiger partial charge in [0, 0.05) is 0 Å². The molecule has 1 aromatic carbocycles. The van der Waals surface area contributed by atoms with Gasteiger partial charge in [-0.1, -0.05) is 48.5 Å². The van der Waals surface area contributed by atoms with Crippen LogP contribution in [0.2, 0.25) is 0 Å². The Kier molecular flexibility index (Phi) is 4.36. The smallest absolute Gasteiger partial charge is 0.132 e. The molecule has 0 radical (unpaired) electrons. The van der Waals surface area contributed by atoms with E-state index < -0.39 is 0 Å². The van der Waals surface area contributed by atoms with Crippen LogP contribution in [0.15, 0.2) is 64.1 Å². The number of allylic oxidation sites excluding steroid dienone is 1. The number of hydrogen-bond acceptors (Lipinski definition) is 4. The summed E-state index contributed by atoms with van der Waals surface area (Å²) in [6.07, 6.45) is 3.25. The summed E-state index contributed by atoms with van der Waals surface area (Å²) in [5.41, 5.74) is 1.14. The predicted molar refractivity (Wildman–Crippen MR) is 79.8 cm³/mol. The van der Waals surface area contributed by atoms with Crippen LogP contribution in [-0.2, 0) is 6.54 Å². The molecule has 0 saturated heterocycles. The molecule has 0 spiro atoms. The Bertz CT molecular complexity index is 546. The van der Waals surface area contributed by atoms with Gasteiger partial charge in [0.15, 0.2) is 0 Å². The van der Waals surface area contributed by atoms with Crippen molar-refractivity contribution in [1.82, 2.24) is 10.3 Å². The summed E-state index contributed by atoms with van der Waals surface area (Å²) in [6, 6.07) is 10.1. The third-order valence-corrected chi connectivity index (χ3v) is 2.72. The van der Waals surface area contributed by atoms with Gasteiger partial charge < -0.3 is 5.32 Å². The van der Waals surface area contributed by atoms with Crippen LogP contribution in [0.25, 0.3) is 0 Å². The highest BCUT2D eigenvalue weighted by Crippen LogP contribution is 2.11. The first-order valence-corrected chi connectivity index (χ1v) is 6.25. The zero-order chi connectivity index (χ0) is 13.7. The SMILES string of the molecule is C=C1N\C(C)=N/C(Cl)=C\C=N\N1Cc1ccccc1. The number of rotatable bonds is 2. The number of nitrogens with zero attached hydrogens (tertiary/aromatic N) is 3. The molecule has 1 N–H and O–H groups in total. The van der Waals surface area contributed by atoms with Gasteiger partial charge in [0.05, 0.1) is 12.8 Å². The van der Waals surface area contributed by atoms with Crippen molar-refractivity contribution in [3.8, 4) is 0 Å². The van der Waals surface area contributed by atoms with Crippen molar-refractivity contribution in [2.45, 2.75) is 13.5 Å². The van der Waals surface area contributed by atoms with Crippen molar-refractivity contribution in [3.05, 3.63) is 59.5 Å². The minimum Gasteiger partial charge on any atom is -0.329 e. The molecular formula is C14H15ClN4. The van der Waals surface area contributed by atoms with E-state index in [4.69, 9.17) is 11.6 Å². The maximum Gasteiger partial charge on any atom is 0.132 e. The molecule has 0 aromatic heterocycles. The second-order valence-corrected chi connectivity index (χ2v) is 4.45. The molecule has 0 atom stereocenters. The van der Waals surface area contributed by atoms with Crippen molar-refractivity contribution >= 4 is 23.7 Å². The van der Waals surface area contributed by atoms with Crippen molar-refractivity contribution in [2.24, 2.45) is 10.1 Å². The lowest BCUT2D eigenvalue weighted by Gasteiger charge is -2.21. The molecular weight excluding hydrogens is 260 g/mol. The number of hydrogen-bond donors (Lipinski definition) is 1. The predicted octanol–water partition coefficient (Wildman–Crippen LogP) is 3.05. The highest BCUT2D eigenvalue weighted by atomic mass is 35.5. The monoisotopic (exact) mass is 274 g/mol. The fraction of sp³-hybridized carbons (Fsp3) is 0.143. The number of hydrazone groups is 1. The van der Waals surface area contributed by atoms with Crippen LogP contribution in [0.5, 0.6) is 0 Å². The molecule has 4 nitrogen and oxygen atoms in total. The lowest BCUT2D eigenvalue weighted by Crippen LogP contribution is -2.29. The van der Waals surface area contributed by atoms with E-state index in [0.717, 1.165) is 5.56 Å². The quantitative estimate of drug-likeness (QED) is 0.842. The summed E-state index contributed by atoms with van der Waals surface area (Å²) in [7, 11) is 0. The third kappa shape index (κ3) is 3.96. The third-order valence-electron chi connectivity index (χ3n) is 2.50. The van der Waals surface area contributed by atoms with E-state index >= 15 is 0 Å². The standard InChI is InChI=1S/C14H15ClN4/c1-11-17-12(2)19(16-9-8-14(15)18-11)10-13-6-4-3-5-7-13/h3-9H,2,10H2,1H3,(H,17,18)/b14-8-,16-9+. The van der Waals surface area contributed by atoms with Crippen molar-refractivity contribution in [1.29, 1.82) is 0 Å². The van der Waals surface area contributed by atoms with E-state index in [9.17, 15) is 0 Å². The van der Waals surface area contributed by atoms with E-state index in [1.165, 1.54) is 0 Å². The van der Waals surface area contributed by atoms with Gasteiger partial charge in [-0.3, -0.25) is 0 Å². The minimum atomic E-state index is 0.378. The highest BCUT2D eigenvalue weighted by molar-refractivity contribution is 6.31. The molecule has 0 amide bonds. The van der Waals surface area contributed by atoms with Gasteiger partial charge in [0.25, 0.3) is 0 Å². The normalized spacial score (nSPS) is 23.1. The van der Waals surface area contributed by atoms with E-state index in [2.05, 4.69) is 22.0 Å². The van der Waals surface area contributed by atoms with Gasteiger partial charge in [-0.05, 0) is 18.6 Å². The second-order valence-electron chi connectivity index (χ2n) is 4.07. The molecule has 5 heteroatoms. The van der Waals surface area contributed by atoms with Crippen LogP contribution in [0.1, 0.15) is 12.5 Å². The molecule has 0 unspecified atom stereocenters. The molecule has 1 aliphatic rings. The molecule has 1 heterocycles. The Morgan fingerprint density at radius 1 is 1.32 bits per heavy atom. The van der Waals surface area contributed by atoms with Gasteiger partial charge in [-0.15, -0.1) is 0 Å². The summed E-state index contributed by atoms with van der Waals surface area (Å²) < 4.78 is 0. The van der Waals surface area contributed by atoms with Gasteiger partial charge in [0.1, 0.15) is 16.8 Å². The molecule has 2 rings (SSSR count). The first kappa shape index (κ1) is 13.4. The van der Waals surface area contributed by atoms with Gasteiger partial charge >= 0.3 is 0 Å². The van der Waals surface area contributed by atoms with E-state index in [-0.39, 0.29) is 0 Å². The molecule has 19 heavy (non-hydrogen) atoms. The Morgan fingerprint density at radius 2 is 2.05 bits per heavy atom. The van der Waals surface area contributed by atoms with E-state index in [0.29, 0.717) is 23.4 Å². The summed E-state index contributed by atoms with van der Waals surface area (Å²) in [5.74, 6) is 1.33. The molecule has 0 fully saturated rings. The minimum absolute atomic E-state index is 0.378. The first-order valence-electron chi connectivity index (χ1n) is 5.87. The Hall–Kier alpha value is -2.07. The lowest BCUT2D eigenvalue weighted by molar-refractivity contribution is 0.346. The van der Waals surface area contributed by atoms with Gasteiger partial charge in [-0.25, -0.2) is 10.0 Å². The number of nitrogens with one attached hydrogen (secondary N) is 1. The van der Waals surface area contributed by atoms with E-state index in [1.807, 2.05) is 37.3 Å². The number of benzene rings is 1. The maximum atomic E-state index is 5.91. The van der Waals surface area contributed by atoms with Crippen LogP contribution >= 0.6 is 11.6 Å². The Balaban J connectivity index is 2.20. The Morgan fingerprint density at radius 3 is 2.79 bits per heavy atom. The first-order chi connectivity index (χ1) is 9.15. The summed E-state index contributed by atoms with van der Waals surface area (Å²) >= 11 is 5.91. The molecule has 1 aliphatic heterocycles. The van der Waals surface area contributed by atoms with Crippen molar-refractivity contribution in [3.63, 3.8) is 0 Å². The zero-order valence-electron chi connectivity index (χ0n) is 10.7. The maximum absolute atomic E-state index is 5.91. The topological polar surface area (TPSA) is 40.0 Å². The van der Waals surface area contributed by atoms with Crippen LogP contribution in [-0.4, -0.2) is 17.1 Å². The number of amidine groups is 1. The largest absolute Gasteiger partial charge is 0.329 e. The van der Waals surface area contributed by atoms with Crippen LogP contribution in [0.4, 0.5) is 0 Å². The van der Waals surface area contributed by atoms with Crippen LogP contribution < -0.4 is 5.32 Å². The van der Waals surface area contributed by atoms with Crippen molar-refractivity contribution < 1.29 is 0 Å². The summed E-state index contributed by atoms with van der Waals surface area (Å²) in [5, 5.41) is 9.52. The Labute approximate surface area is 117 Å². The zero-order valence-corrected chi connectivity index (χ0v) is 11.4. The van der Waals surface area contributed by atoms with Gasteiger partial charge in [-0.2, -0.15) is 5.10 Å². The van der Waals surface area contributed by atoms with Crippen LogP contribution in [0, 0.1) is 0 Å². The second kappa shape index (κ2) is 6.20. The molecule has 98 valence electrons.